The molecule has 0 unspecified atom stereocenters. The third kappa shape index (κ3) is 3.35. The topological polar surface area (TPSA) is 72.2 Å². The van der Waals surface area contributed by atoms with Gasteiger partial charge in [0.1, 0.15) is 5.75 Å². The third-order valence-electron chi connectivity index (χ3n) is 1.32. The summed E-state index contributed by atoms with van der Waals surface area (Å²) in [5, 5.41) is 15.3. The Balaban J connectivity index is 2.54. The van der Waals surface area contributed by atoms with Crippen molar-refractivity contribution in [2.45, 2.75) is 4.90 Å². The number of ether oxygens (including phenoxy) is 1. The van der Waals surface area contributed by atoms with Crippen LogP contribution in [0.1, 0.15) is 0 Å². The predicted molar refractivity (Wildman–Crippen MR) is 47.7 cm³/mol. The van der Waals surface area contributed by atoms with E-state index in [1.165, 1.54) is 0 Å². The van der Waals surface area contributed by atoms with Crippen LogP contribution in [-0.4, -0.2) is 12.6 Å². The van der Waals surface area contributed by atoms with Crippen LogP contribution in [0.3, 0.4) is 0 Å². The summed E-state index contributed by atoms with van der Waals surface area (Å²) >= 11 is 1.12. The van der Waals surface area contributed by atoms with Crippen LogP contribution in [0.5, 0.6) is 5.75 Å². The number of rotatable bonds is 4. The molecule has 0 aromatic heterocycles. The van der Waals surface area contributed by atoms with Crippen LogP contribution in [0.4, 0.5) is 0 Å². The first-order chi connectivity index (χ1) is 6.22. The predicted octanol–water partition coefficient (Wildman–Crippen LogP) is 0.988. The Morgan fingerprint density at radius 2 is 2.00 bits per heavy atom. The van der Waals surface area contributed by atoms with Gasteiger partial charge in [-0.1, -0.05) is 0 Å². The van der Waals surface area contributed by atoms with E-state index in [1.54, 1.807) is 24.3 Å². The molecule has 0 amide bonds. The molecule has 2 N–H and O–H groups in total. The lowest BCUT2D eigenvalue weighted by molar-refractivity contribution is -0.145. The maximum Gasteiger partial charge on any atom is 0.392 e. The maximum absolute atomic E-state index is 10.0. The number of carbonyl (C=O) groups is 1. The fraction of sp³-hybridized carbons (Fsp3) is 0.125. The summed E-state index contributed by atoms with van der Waals surface area (Å²) < 4.78 is 4.85. The molecule has 0 heterocycles. The van der Waals surface area contributed by atoms with Crippen LogP contribution >= 0.6 is 11.9 Å². The minimum Gasteiger partial charge on any atom is -0.482 e. The Kier molecular flexibility index (Phi) is 3.60. The smallest absolute Gasteiger partial charge is 0.392 e. The number of hydrogen-bond donors (Lipinski definition) is 1. The fourth-order valence-electron chi connectivity index (χ4n) is 0.757. The van der Waals surface area contributed by atoms with Gasteiger partial charge in [-0.25, -0.2) is 9.90 Å². The molecule has 1 aromatic rings. The second-order valence-corrected chi connectivity index (χ2v) is 2.96. The zero-order valence-electron chi connectivity index (χ0n) is 6.73. The molecule has 1 rings (SSSR count). The number of hydrogen-bond acceptors (Lipinski definition) is 4. The summed E-state index contributed by atoms with van der Waals surface area (Å²) in [6.07, 6.45) is 0. The number of carbonyl (C=O) groups excluding carboxylic acids is 1. The Bertz CT molecular complexity index is 286. The summed E-state index contributed by atoms with van der Waals surface area (Å²) in [5.41, 5.74) is 0. The first kappa shape index (κ1) is 9.88. The molecular weight excluding hydrogens is 190 g/mol. The van der Waals surface area contributed by atoms with Gasteiger partial charge in [0.25, 0.3) is 0 Å². The fourth-order valence-corrected chi connectivity index (χ4v) is 1.05. The van der Waals surface area contributed by atoms with Crippen LogP contribution in [0, 0.1) is 0 Å². The molecule has 69 valence electrons. The third-order valence-corrected chi connectivity index (χ3v) is 1.86. The van der Waals surface area contributed by atoms with Crippen molar-refractivity contribution in [3.63, 3.8) is 0 Å². The van der Waals surface area contributed by atoms with Crippen molar-refractivity contribution >= 4 is 17.9 Å². The van der Waals surface area contributed by atoms with Crippen LogP contribution in [-0.2, 0) is 9.90 Å². The first-order valence-electron chi connectivity index (χ1n) is 3.52. The van der Waals surface area contributed by atoms with Crippen molar-refractivity contribution in [1.29, 1.82) is 0 Å². The second kappa shape index (κ2) is 4.74. The van der Waals surface area contributed by atoms with Crippen LogP contribution < -0.4 is 9.88 Å². The SMILES string of the molecule is NSc1ccc(OCC([O])=O)cc1. The average molecular weight is 198 g/mol. The molecule has 0 fully saturated rings. The van der Waals surface area contributed by atoms with E-state index in [9.17, 15) is 9.90 Å². The second-order valence-electron chi connectivity index (χ2n) is 2.25. The lowest BCUT2D eigenvalue weighted by Gasteiger charge is -2.02. The molecule has 0 saturated carbocycles. The maximum atomic E-state index is 10.0. The molecule has 0 aliphatic heterocycles. The molecule has 4 nitrogen and oxygen atoms in total. The standard InChI is InChI=1S/C8H8NO3S/c9-13-7-3-1-6(2-4-7)12-5-8(10)11/h1-4H,5,9H2. The molecule has 5 heteroatoms. The molecule has 0 atom stereocenters. The number of nitrogens with two attached hydrogens (primary N) is 1. The first-order valence-corrected chi connectivity index (χ1v) is 4.40. The van der Waals surface area contributed by atoms with E-state index in [4.69, 9.17) is 9.88 Å². The van der Waals surface area contributed by atoms with Crippen LogP contribution in [0.15, 0.2) is 29.2 Å². The van der Waals surface area contributed by atoms with E-state index in [-0.39, 0.29) is 0 Å². The minimum absolute atomic E-state index is 0.435. The highest BCUT2D eigenvalue weighted by molar-refractivity contribution is 7.97. The Morgan fingerprint density at radius 1 is 1.38 bits per heavy atom. The van der Waals surface area contributed by atoms with E-state index in [0.29, 0.717) is 5.75 Å². The summed E-state index contributed by atoms with van der Waals surface area (Å²) in [4.78, 5) is 10.9. The van der Waals surface area contributed by atoms with E-state index in [1.807, 2.05) is 0 Å². The lowest BCUT2D eigenvalue weighted by atomic mass is 10.3. The molecule has 0 aliphatic carbocycles. The van der Waals surface area contributed by atoms with Gasteiger partial charge in [0.15, 0.2) is 6.61 Å². The average Bonchev–Trinajstić information content (AvgIpc) is 2.15. The minimum atomic E-state index is -1.24. The summed E-state index contributed by atoms with van der Waals surface area (Å²) in [7, 11) is 0. The normalized spacial score (nSPS) is 9.62. The Labute approximate surface area is 79.8 Å². The highest BCUT2D eigenvalue weighted by atomic mass is 32.2. The molecule has 0 saturated heterocycles. The monoisotopic (exact) mass is 198 g/mol. The van der Waals surface area contributed by atoms with Gasteiger partial charge >= 0.3 is 5.97 Å². The van der Waals surface area contributed by atoms with E-state index < -0.39 is 12.6 Å². The van der Waals surface area contributed by atoms with Crippen molar-refractivity contribution in [3.05, 3.63) is 24.3 Å². The van der Waals surface area contributed by atoms with Gasteiger partial charge in [0, 0.05) is 4.90 Å². The van der Waals surface area contributed by atoms with Crippen LogP contribution in [0.2, 0.25) is 0 Å². The van der Waals surface area contributed by atoms with E-state index in [2.05, 4.69) is 0 Å². The van der Waals surface area contributed by atoms with Crippen molar-refractivity contribution in [1.82, 2.24) is 0 Å². The number of benzene rings is 1. The molecule has 1 aromatic carbocycles. The molecule has 1 radical (unpaired) electrons. The highest BCUT2D eigenvalue weighted by Crippen LogP contribution is 2.16. The molecular formula is C8H8NO3S. The van der Waals surface area contributed by atoms with Gasteiger partial charge in [0.2, 0.25) is 0 Å². The van der Waals surface area contributed by atoms with Gasteiger partial charge in [-0.2, -0.15) is 0 Å². The largest absolute Gasteiger partial charge is 0.482 e. The van der Waals surface area contributed by atoms with Gasteiger partial charge in [-0.15, -0.1) is 0 Å². The van der Waals surface area contributed by atoms with Crippen molar-refractivity contribution in [2.24, 2.45) is 5.14 Å². The van der Waals surface area contributed by atoms with Gasteiger partial charge in [-0.3, -0.25) is 5.14 Å². The van der Waals surface area contributed by atoms with Crippen molar-refractivity contribution in [3.8, 4) is 5.75 Å². The van der Waals surface area contributed by atoms with Crippen LogP contribution in [0.25, 0.3) is 0 Å². The summed E-state index contributed by atoms with van der Waals surface area (Å²) in [6.45, 7) is -0.435. The zero-order chi connectivity index (χ0) is 9.68. The van der Waals surface area contributed by atoms with Gasteiger partial charge in [-0.05, 0) is 36.2 Å². The summed E-state index contributed by atoms with van der Waals surface area (Å²) in [5.74, 6) is -0.751. The Hall–Kier alpha value is -1.20. The zero-order valence-corrected chi connectivity index (χ0v) is 7.54. The highest BCUT2D eigenvalue weighted by Gasteiger charge is 2.00. The molecule has 0 spiro atoms. The molecule has 13 heavy (non-hydrogen) atoms. The summed E-state index contributed by atoms with van der Waals surface area (Å²) in [6, 6.07) is 6.79. The molecule has 0 bridgehead atoms. The quantitative estimate of drug-likeness (QED) is 0.732. The van der Waals surface area contributed by atoms with E-state index >= 15 is 0 Å². The van der Waals surface area contributed by atoms with Gasteiger partial charge < -0.3 is 4.74 Å². The molecule has 0 aliphatic rings. The Morgan fingerprint density at radius 3 is 2.46 bits per heavy atom. The van der Waals surface area contributed by atoms with Crippen molar-refractivity contribution in [2.75, 3.05) is 6.61 Å². The van der Waals surface area contributed by atoms with E-state index in [0.717, 1.165) is 16.8 Å². The van der Waals surface area contributed by atoms with Gasteiger partial charge in [0.05, 0.1) is 0 Å². The lowest BCUT2D eigenvalue weighted by Crippen LogP contribution is -2.07. The van der Waals surface area contributed by atoms with Crippen molar-refractivity contribution < 1.29 is 14.6 Å².